The molecule has 1 aliphatic carbocycles. The zero-order valence-electron chi connectivity index (χ0n) is 22.6. The Kier molecular flexibility index (Phi) is 8.24. The normalized spacial score (nSPS) is 13.1. The lowest BCUT2D eigenvalue weighted by Gasteiger charge is -2.25. The van der Waals surface area contributed by atoms with Crippen LogP contribution in [0.5, 0.6) is 0 Å². The van der Waals surface area contributed by atoms with Crippen molar-refractivity contribution in [2.24, 2.45) is 0 Å². The largest absolute Gasteiger partial charge is 0.480 e. The summed E-state index contributed by atoms with van der Waals surface area (Å²) in [4.78, 5) is 38.0. The molecule has 0 aliphatic heterocycles. The van der Waals surface area contributed by atoms with E-state index in [1.165, 1.54) is 7.05 Å². The van der Waals surface area contributed by atoms with E-state index in [4.69, 9.17) is 9.47 Å². The van der Waals surface area contributed by atoms with E-state index in [0.29, 0.717) is 0 Å². The molecule has 204 valence electrons. The first-order chi connectivity index (χ1) is 18.5. The molecule has 3 aromatic carbocycles. The van der Waals surface area contributed by atoms with Gasteiger partial charge in [0.25, 0.3) is 0 Å². The first-order valence-electron chi connectivity index (χ1n) is 12.9. The number of fused-ring (bicyclic) bond motifs is 3. The lowest BCUT2D eigenvalue weighted by molar-refractivity contribution is -0.142. The van der Waals surface area contributed by atoms with Gasteiger partial charge in [0, 0.05) is 25.9 Å². The van der Waals surface area contributed by atoms with Crippen LogP contribution in [-0.4, -0.2) is 53.5 Å². The molecule has 8 nitrogen and oxygen atoms in total. The van der Waals surface area contributed by atoms with Gasteiger partial charge in [-0.05, 0) is 54.2 Å². The number of amides is 2. The molecule has 39 heavy (non-hydrogen) atoms. The second kappa shape index (κ2) is 11.6. The summed E-state index contributed by atoms with van der Waals surface area (Å²) in [6.45, 7) is 5.76. The summed E-state index contributed by atoms with van der Waals surface area (Å²) in [5.74, 6) is -1.23. The molecule has 1 atom stereocenters. The van der Waals surface area contributed by atoms with Crippen LogP contribution in [0.15, 0.2) is 72.8 Å². The minimum absolute atomic E-state index is 0.107. The fourth-order valence-corrected chi connectivity index (χ4v) is 4.72. The summed E-state index contributed by atoms with van der Waals surface area (Å²) in [5, 5.41) is 12.6. The number of carboxylic acids is 1. The lowest BCUT2D eigenvalue weighted by atomic mass is 9.98. The molecule has 2 amide bonds. The van der Waals surface area contributed by atoms with Crippen molar-refractivity contribution in [2.45, 2.75) is 51.3 Å². The van der Waals surface area contributed by atoms with Crippen LogP contribution in [0.1, 0.15) is 48.9 Å². The van der Waals surface area contributed by atoms with Crippen molar-refractivity contribution in [3.05, 3.63) is 95.1 Å². The number of ether oxygens (including phenoxy) is 2. The van der Waals surface area contributed by atoms with Gasteiger partial charge in [0.1, 0.15) is 18.2 Å². The van der Waals surface area contributed by atoms with Gasteiger partial charge in [-0.25, -0.2) is 14.4 Å². The molecule has 0 saturated carbocycles. The topological polar surface area (TPSA) is 105 Å². The molecule has 2 N–H and O–H groups in total. The average Bonchev–Trinajstić information content (AvgIpc) is 3.22. The third kappa shape index (κ3) is 6.76. The van der Waals surface area contributed by atoms with Gasteiger partial charge in [0.2, 0.25) is 0 Å². The van der Waals surface area contributed by atoms with Crippen LogP contribution in [0.2, 0.25) is 0 Å². The number of alkyl carbamates (subject to hydrolysis) is 1. The van der Waals surface area contributed by atoms with E-state index in [1.54, 1.807) is 45.0 Å². The molecule has 0 bridgehead atoms. The molecule has 4 rings (SSSR count). The molecule has 8 heteroatoms. The van der Waals surface area contributed by atoms with Crippen LogP contribution in [-0.2, 0) is 27.2 Å². The van der Waals surface area contributed by atoms with Gasteiger partial charge in [-0.15, -0.1) is 0 Å². The van der Waals surface area contributed by atoms with Crippen LogP contribution in [0.25, 0.3) is 11.1 Å². The Bertz CT molecular complexity index is 1300. The highest BCUT2D eigenvalue weighted by atomic mass is 16.6. The number of carbonyl (C=O) groups excluding carboxylic acids is 2. The Morgan fingerprint density at radius 2 is 1.44 bits per heavy atom. The SMILES string of the molecule is CN(C(=O)OCC1c2ccccc2-c2ccccc21)C(Cc1ccc(CNC(=O)OC(C)(C)C)cc1)C(=O)O. The monoisotopic (exact) mass is 530 g/mol. The highest BCUT2D eigenvalue weighted by Crippen LogP contribution is 2.44. The van der Waals surface area contributed by atoms with E-state index in [2.05, 4.69) is 17.4 Å². The first kappa shape index (κ1) is 27.7. The van der Waals surface area contributed by atoms with Gasteiger partial charge in [-0.2, -0.15) is 0 Å². The molecule has 0 spiro atoms. The van der Waals surface area contributed by atoms with E-state index in [-0.39, 0.29) is 25.5 Å². The van der Waals surface area contributed by atoms with Crippen LogP contribution < -0.4 is 5.32 Å². The maximum Gasteiger partial charge on any atom is 0.410 e. The van der Waals surface area contributed by atoms with E-state index in [0.717, 1.165) is 38.3 Å². The minimum Gasteiger partial charge on any atom is -0.480 e. The molecule has 1 unspecified atom stereocenters. The van der Waals surface area contributed by atoms with Gasteiger partial charge in [-0.1, -0.05) is 72.8 Å². The fourth-order valence-electron chi connectivity index (χ4n) is 4.72. The van der Waals surface area contributed by atoms with Crippen molar-refractivity contribution in [2.75, 3.05) is 13.7 Å². The number of aliphatic carboxylic acids is 1. The summed E-state index contributed by atoms with van der Waals surface area (Å²) < 4.78 is 10.9. The summed E-state index contributed by atoms with van der Waals surface area (Å²) in [5.41, 5.74) is 5.41. The number of carboxylic acid groups (broad SMARTS) is 1. The predicted molar refractivity (Wildman–Crippen MR) is 147 cm³/mol. The second-order valence-electron chi connectivity index (χ2n) is 10.6. The van der Waals surface area contributed by atoms with Gasteiger partial charge in [0.05, 0.1) is 0 Å². The molecule has 0 heterocycles. The van der Waals surface area contributed by atoms with Gasteiger partial charge in [0.15, 0.2) is 0 Å². The Morgan fingerprint density at radius 1 is 0.897 bits per heavy atom. The number of nitrogens with zero attached hydrogens (tertiary/aromatic N) is 1. The molecule has 1 aliphatic rings. The average molecular weight is 531 g/mol. The van der Waals surface area contributed by atoms with Gasteiger partial charge >= 0.3 is 18.2 Å². The van der Waals surface area contributed by atoms with Crippen molar-refractivity contribution in [3.63, 3.8) is 0 Å². The summed E-state index contributed by atoms with van der Waals surface area (Å²) in [6.07, 6.45) is -1.10. The standard InChI is InChI=1S/C31H34N2O6/c1-31(2,3)39-29(36)32-18-21-15-13-20(14-16-21)17-27(28(34)35)33(4)30(37)38-19-26-24-11-7-5-9-22(24)23-10-6-8-12-25(23)26/h5-16,26-27H,17-19H2,1-4H3,(H,32,36)(H,34,35). The Labute approximate surface area is 228 Å². The quantitative estimate of drug-likeness (QED) is 0.394. The Hall–Kier alpha value is -4.33. The van der Waals surface area contributed by atoms with Crippen molar-refractivity contribution in [3.8, 4) is 11.1 Å². The highest BCUT2D eigenvalue weighted by Gasteiger charge is 2.32. The maximum atomic E-state index is 13.0. The zero-order chi connectivity index (χ0) is 28.2. The Morgan fingerprint density at radius 3 is 1.97 bits per heavy atom. The number of rotatable bonds is 8. The smallest absolute Gasteiger partial charge is 0.410 e. The Balaban J connectivity index is 1.36. The first-order valence-corrected chi connectivity index (χ1v) is 12.9. The fraction of sp³-hybridized carbons (Fsp3) is 0.323. The second-order valence-corrected chi connectivity index (χ2v) is 10.6. The third-order valence-corrected chi connectivity index (χ3v) is 6.66. The number of nitrogens with one attached hydrogen (secondary N) is 1. The van der Waals surface area contributed by atoms with E-state index < -0.39 is 29.8 Å². The molecule has 3 aromatic rings. The van der Waals surface area contributed by atoms with E-state index in [1.807, 2.05) is 36.4 Å². The molecule has 0 aromatic heterocycles. The molecular weight excluding hydrogens is 496 g/mol. The molecule has 0 radical (unpaired) electrons. The minimum atomic E-state index is -1.12. The predicted octanol–water partition coefficient (Wildman–Crippen LogP) is 5.59. The van der Waals surface area contributed by atoms with Crippen molar-refractivity contribution in [1.29, 1.82) is 0 Å². The highest BCUT2D eigenvalue weighted by molar-refractivity contribution is 5.81. The van der Waals surface area contributed by atoms with Crippen LogP contribution in [0.3, 0.4) is 0 Å². The van der Waals surface area contributed by atoms with Gasteiger partial charge in [-0.3, -0.25) is 4.90 Å². The molecular formula is C31H34N2O6. The third-order valence-electron chi connectivity index (χ3n) is 6.66. The van der Waals surface area contributed by atoms with Crippen molar-refractivity contribution in [1.82, 2.24) is 10.2 Å². The summed E-state index contributed by atoms with van der Waals surface area (Å²) in [6, 6.07) is 22.1. The van der Waals surface area contributed by atoms with Crippen LogP contribution in [0, 0.1) is 0 Å². The number of hydrogen-bond donors (Lipinski definition) is 2. The molecule has 0 saturated heterocycles. The summed E-state index contributed by atoms with van der Waals surface area (Å²) >= 11 is 0. The zero-order valence-corrected chi connectivity index (χ0v) is 22.6. The maximum absolute atomic E-state index is 13.0. The van der Waals surface area contributed by atoms with Gasteiger partial charge < -0.3 is 19.9 Å². The lowest BCUT2D eigenvalue weighted by Crippen LogP contribution is -2.44. The van der Waals surface area contributed by atoms with E-state index in [9.17, 15) is 19.5 Å². The summed E-state index contributed by atoms with van der Waals surface area (Å²) in [7, 11) is 1.44. The van der Waals surface area contributed by atoms with Crippen LogP contribution in [0.4, 0.5) is 9.59 Å². The van der Waals surface area contributed by atoms with Crippen LogP contribution >= 0.6 is 0 Å². The van der Waals surface area contributed by atoms with Crippen molar-refractivity contribution < 1.29 is 29.0 Å². The number of likely N-dealkylation sites (N-methyl/N-ethyl adjacent to an activating group) is 1. The van der Waals surface area contributed by atoms with Crippen molar-refractivity contribution >= 4 is 18.2 Å². The number of hydrogen-bond acceptors (Lipinski definition) is 5. The molecule has 0 fully saturated rings. The van der Waals surface area contributed by atoms with E-state index >= 15 is 0 Å². The number of benzene rings is 3. The number of carbonyl (C=O) groups is 3.